The van der Waals surface area contributed by atoms with Gasteiger partial charge in [-0.3, -0.25) is 14.4 Å². The minimum absolute atomic E-state index is 0.0797. The average Bonchev–Trinajstić information content (AvgIpc) is 3.63. The van der Waals surface area contributed by atoms with Gasteiger partial charge < -0.3 is 25.6 Å². The fraction of sp³-hybridized carbons (Fsp3) is 0.423. The van der Waals surface area contributed by atoms with Crippen LogP contribution in [-0.4, -0.2) is 65.3 Å². The molecule has 0 bridgehead atoms. The van der Waals surface area contributed by atoms with E-state index in [-0.39, 0.29) is 13.0 Å². The summed E-state index contributed by atoms with van der Waals surface area (Å²) in [6.07, 6.45) is 0.989. The Morgan fingerprint density at radius 3 is 2.21 bits per heavy atom. The van der Waals surface area contributed by atoms with Crippen LogP contribution in [0.3, 0.4) is 0 Å². The molecule has 1 fully saturated rings. The van der Waals surface area contributed by atoms with E-state index in [1.54, 1.807) is 18.2 Å². The molecule has 1 saturated heterocycles. The molecule has 8 heteroatoms. The van der Waals surface area contributed by atoms with Crippen LogP contribution in [0.5, 0.6) is 0 Å². The highest BCUT2D eigenvalue weighted by molar-refractivity contribution is 6.00. The van der Waals surface area contributed by atoms with E-state index in [1.165, 1.54) is 0 Å². The summed E-state index contributed by atoms with van der Waals surface area (Å²) in [4.78, 5) is 38.7. The van der Waals surface area contributed by atoms with Crippen LogP contribution in [0.15, 0.2) is 54.6 Å². The number of amides is 2. The van der Waals surface area contributed by atoms with Crippen molar-refractivity contribution in [3.05, 3.63) is 71.3 Å². The molecule has 2 aromatic carbocycles. The third-order valence-electron chi connectivity index (χ3n) is 5.75. The number of benzene rings is 2. The van der Waals surface area contributed by atoms with Crippen molar-refractivity contribution in [2.24, 2.45) is 5.92 Å². The fourth-order valence-electron chi connectivity index (χ4n) is 3.79. The van der Waals surface area contributed by atoms with Crippen LogP contribution >= 0.6 is 0 Å². The number of aliphatic hydroxyl groups is 2. The molecule has 8 nitrogen and oxygen atoms in total. The van der Waals surface area contributed by atoms with E-state index in [0.29, 0.717) is 11.5 Å². The van der Waals surface area contributed by atoms with E-state index in [2.05, 4.69) is 24.5 Å². The molecule has 1 aliphatic rings. The van der Waals surface area contributed by atoms with Crippen molar-refractivity contribution >= 4 is 17.6 Å². The smallest absolute Gasteiger partial charge is 0.252 e. The van der Waals surface area contributed by atoms with Crippen molar-refractivity contribution in [1.29, 1.82) is 0 Å². The molecule has 2 aromatic rings. The number of rotatable bonds is 12. The van der Waals surface area contributed by atoms with Gasteiger partial charge in [0.2, 0.25) is 5.91 Å². The number of carbonyl (C=O) groups excluding carboxylic acids is 3. The zero-order chi connectivity index (χ0) is 24.7. The number of hydrogen-bond acceptors (Lipinski definition) is 6. The highest BCUT2D eigenvalue weighted by Crippen LogP contribution is 2.29. The van der Waals surface area contributed by atoms with Crippen LogP contribution in [-0.2, 0) is 27.2 Å². The fourth-order valence-corrected chi connectivity index (χ4v) is 3.79. The molecule has 182 valence electrons. The zero-order valence-corrected chi connectivity index (χ0v) is 19.5. The zero-order valence-electron chi connectivity index (χ0n) is 19.5. The summed E-state index contributed by atoms with van der Waals surface area (Å²) in [7, 11) is 0. The van der Waals surface area contributed by atoms with Crippen LogP contribution in [0, 0.1) is 5.92 Å². The Balaban J connectivity index is 1.71. The Bertz CT molecular complexity index is 1000. The van der Waals surface area contributed by atoms with Crippen molar-refractivity contribution in [3.63, 3.8) is 0 Å². The molecule has 0 radical (unpaired) electrons. The van der Waals surface area contributed by atoms with Gasteiger partial charge in [-0.1, -0.05) is 56.3 Å². The maximum absolute atomic E-state index is 13.0. The molecule has 4 N–H and O–H groups in total. The first-order chi connectivity index (χ1) is 16.3. The molecule has 3 rings (SSSR count). The van der Waals surface area contributed by atoms with Crippen LogP contribution in [0.4, 0.5) is 0 Å². The number of Topliss-reactive ketones (excluding diaryl/α,β-unsaturated/α-hetero) is 1. The molecule has 34 heavy (non-hydrogen) atoms. The molecule has 1 heterocycles. The van der Waals surface area contributed by atoms with E-state index < -0.39 is 48.5 Å². The van der Waals surface area contributed by atoms with E-state index in [1.807, 2.05) is 36.4 Å². The minimum atomic E-state index is -1.32. The SMILES string of the molecule is CC(C)Cc1cccc(C(=O)N[C@@H](CO)C(=O)N[C@@H](Cc2ccccc2)C(=O)C2(CO)CO2)c1. The predicted molar refractivity (Wildman–Crippen MR) is 126 cm³/mol. The lowest BCUT2D eigenvalue weighted by Gasteiger charge is -2.23. The maximum atomic E-state index is 13.0. The van der Waals surface area contributed by atoms with Gasteiger partial charge in [0.25, 0.3) is 5.91 Å². The van der Waals surface area contributed by atoms with Gasteiger partial charge in [0.1, 0.15) is 6.04 Å². The molecule has 0 aliphatic carbocycles. The molecular weight excluding hydrogens is 436 g/mol. The molecule has 0 saturated carbocycles. The Morgan fingerprint density at radius 2 is 1.62 bits per heavy atom. The van der Waals surface area contributed by atoms with Gasteiger partial charge in [-0.15, -0.1) is 0 Å². The third-order valence-corrected chi connectivity index (χ3v) is 5.75. The molecule has 2 amide bonds. The number of aliphatic hydroxyl groups excluding tert-OH is 2. The van der Waals surface area contributed by atoms with Crippen molar-refractivity contribution in [2.75, 3.05) is 19.8 Å². The Morgan fingerprint density at radius 1 is 0.941 bits per heavy atom. The lowest BCUT2D eigenvalue weighted by atomic mass is 9.94. The quantitative estimate of drug-likeness (QED) is 0.345. The standard InChI is InChI=1S/C26H32N2O6/c1-17(2)11-19-9-6-10-20(12-19)24(32)28-22(14-29)25(33)27-21(13-18-7-4-3-5-8-18)23(31)26(15-30)16-34-26/h3-10,12,17,21-22,29-30H,11,13-16H2,1-2H3,(H,27,33)(H,28,32)/t21-,22-,26?/m0/s1. The monoisotopic (exact) mass is 468 g/mol. The van der Waals surface area contributed by atoms with Crippen molar-refractivity contribution < 1.29 is 29.3 Å². The second-order valence-electron chi connectivity index (χ2n) is 9.06. The highest BCUT2D eigenvalue weighted by Gasteiger charge is 2.54. The number of epoxide rings is 1. The third kappa shape index (κ3) is 6.50. The second kappa shape index (κ2) is 11.4. The normalized spacial score (nSPS) is 18.7. The topological polar surface area (TPSA) is 128 Å². The van der Waals surface area contributed by atoms with Gasteiger partial charge in [-0.05, 0) is 42.0 Å². The Hall–Kier alpha value is -3.07. The molecule has 1 aliphatic heterocycles. The van der Waals surface area contributed by atoms with Crippen LogP contribution in [0.25, 0.3) is 0 Å². The average molecular weight is 469 g/mol. The van der Waals surface area contributed by atoms with E-state index in [0.717, 1.165) is 17.5 Å². The van der Waals surface area contributed by atoms with E-state index >= 15 is 0 Å². The van der Waals surface area contributed by atoms with Gasteiger partial charge >= 0.3 is 0 Å². The van der Waals surface area contributed by atoms with Gasteiger partial charge in [-0.25, -0.2) is 0 Å². The molecule has 0 spiro atoms. The van der Waals surface area contributed by atoms with E-state index in [4.69, 9.17) is 4.74 Å². The molecular formula is C26H32N2O6. The lowest BCUT2D eigenvalue weighted by molar-refractivity contribution is -0.132. The summed E-state index contributed by atoms with van der Waals surface area (Å²) >= 11 is 0. The molecule has 1 unspecified atom stereocenters. The summed E-state index contributed by atoms with van der Waals surface area (Å²) in [5, 5.41) is 24.6. The maximum Gasteiger partial charge on any atom is 0.252 e. The molecule has 0 aromatic heterocycles. The van der Waals surface area contributed by atoms with Gasteiger partial charge in [0.15, 0.2) is 11.4 Å². The van der Waals surface area contributed by atoms with Crippen LogP contribution in [0.1, 0.15) is 35.3 Å². The number of carbonyl (C=O) groups is 3. The van der Waals surface area contributed by atoms with Crippen molar-refractivity contribution in [2.45, 2.75) is 44.4 Å². The minimum Gasteiger partial charge on any atom is -0.394 e. The van der Waals surface area contributed by atoms with E-state index in [9.17, 15) is 24.6 Å². The number of ketones is 1. The van der Waals surface area contributed by atoms with Gasteiger partial charge in [0, 0.05) is 5.56 Å². The largest absolute Gasteiger partial charge is 0.394 e. The van der Waals surface area contributed by atoms with Crippen molar-refractivity contribution in [1.82, 2.24) is 10.6 Å². The van der Waals surface area contributed by atoms with Crippen LogP contribution in [0.2, 0.25) is 0 Å². The second-order valence-corrected chi connectivity index (χ2v) is 9.06. The summed E-state index contributed by atoms with van der Waals surface area (Å²) in [5.41, 5.74) is 0.870. The first kappa shape index (κ1) is 25.6. The first-order valence-electron chi connectivity index (χ1n) is 11.4. The summed E-state index contributed by atoms with van der Waals surface area (Å²) in [5.74, 6) is -1.22. The van der Waals surface area contributed by atoms with Crippen LogP contribution < -0.4 is 10.6 Å². The summed E-state index contributed by atoms with van der Waals surface area (Å²) < 4.78 is 5.19. The number of nitrogens with one attached hydrogen (secondary N) is 2. The Kier molecular flexibility index (Phi) is 8.55. The molecule has 3 atom stereocenters. The summed E-state index contributed by atoms with van der Waals surface area (Å²) in [6.45, 7) is 3.12. The van der Waals surface area contributed by atoms with Crippen molar-refractivity contribution in [3.8, 4) is 0 Å². The lowest BCUT2D eigenvalue weighted by Crippen LogP contribution is -2.56. The number of hydrogen-bond donors (Lipinski definition) is 4. The van der Waals surface area contributed by atoms with Gasteiger partial charge in [0.05, 0.1) is 25.9 Å². The predicted octanol–water partition coefficient (Wildman–Crippen LogP) is 1.03. The number of ether oxygens (including phenoxy) is 1. The highest BCUT2D eigenvalue weighted by atomic mass is 16.6. The first-order valence-corrected chi connectivity index (χ1v) is 11.4. The van der Waals surface area contributed by atoms with Gasteiger partial charge in [-0.2, -0.15) is 0 Å². The Labute approximate surface area is 199 Å². The summed E-state index contributed by atoms with van der Waals surface area (Å²) in [6, 6.07) is 14.0.